The summed E-state index contributed by atoms with van der Waals surface area (Å²) in [7, 11) is 0. The van der Waals surface area contributed by atoms with Crippen LogP contribution in [0.15, 0.2) is 66.7 Å². The lowest BCUT2D eigenvalue weighted by Crippen LogP contribution is -2.35. The molecule has 3 aromatic rings. The minimum absolute atomic E-state index is 0.758. The van der Waals surface area contributed by atoms with Crippen LogP contribution in [-0.4, -0.2) is 23.1 Å². The van der Waals surface area contributed by atoms with Gasteiger partial charge in [-0.25, -0.2) is 9.97 Å². The van der Waals surface area contributed by atoms with E-state index in [0.717, 1.165) is 42.2 Å². The van der Waals surface area contributed by atoms with Gasteiger partial charge in [-0.2, -0.15) is 0 Å². The summed E-state index contributed by atoms with van der Waals surface area (Å²) >= 11 is 0. The van der Waals surface area contributed by atoms with Gasteiger partial charge in [0.2, 0.25) is 0 Å². The Balaban J connectivity index is 1.40. The van der Waals surface area contributed by atoms with E-state index >= 15 is 0 Å². The van der Waals surface area contributed by atoms with E-state index in [0.29, 0.717) is 0 Å². The fraction of sp³-hybridized carbons (Fsp3) is 0.304. The normalized spacial score (nSPS) is 14.9. The molecule has 0 spiro atoms. The first kappa shape index (κ1) is 17.5. The number of benzene rings is 2. The summed E-state index contributed by atoms with van der Waals surface area (Å²) in [6.45, 7) is 4.07. The molecular formula is C23H26N4. The maximum atomic E-state index is 4.68. The first-order chi connectivity index (χ1) is 13.3. The lowest BCUT2D eigenvalue weighted by Gasteiger charge is -2.33. The van der Waals surface area contributed by atoms with E-state index in [1.54, 1.807) is 0 Å². The van der Waals surface area contributed by atoms with Crippen LogP contribution in [0.5, 0.6) is 0 Å². The third-order valence-corrected chi connectivity index (χ3v) is 5.18. The van der Waals surface area contributed by atoms with Gasteiger partial charge in [0.15, 0.2) is 0 Å². The zero-order valence-electron chi connectivity index (χ0n) is 15.8. The first-order valence-electron chi connectivity index (χ1n) is 9.73. The molecule has 1 N–H and O–H groups in total. The number of piperidine rings is 1. The third-order valence-electron chi connectivity index (χ3n) is 5.18. The van der Waals surface area contributed by atoms with Gasteiger partial charge >= 0.3 is 0 Å². The van der Waals surface area contributed by atoms with E-state index in [4.69, 9.17) is 0 Å². The maximum absolute atomic E-state index is 4.68. The van der Waals surface area contributed by atoms with Gasteiger partial charge in [0.1, 0.15) is 17.5 Å². The molecular weight excluding hydrogens is 332 g/mol. The molecule has 4 heteroatoms. The molecule has 0 unspecified atom stereocenters. The Morgan fingerprint density at radius 3 is 2.30 bits per heavy atom. The molecule has 1 aliphatic heterocycles. The van der Waals surface area contributed by atoms with Crippen molar-refractivity contribution < 1.29 is 0 Å². The van der Waals surface area contributed by atoms with Crippen LogP contribution in [0.25, 0.3) is 0 Å². The molecule has 0 atom stereocenters. The van der Waals surface area contributed by atoms with Crippen molar-refractivity contribution >= 4 is 17.3 Å². The summed E-state index contributed by atoms with van der Waals surface area (Å²) in [5.74, 6) is 3.44. The minimum Gasteiger partial charge on any atom is -0.356 e. The highest BCUT2D eigenvalue weighted by molar-refractivity contribution is 5.59. The zero-order valence-corrected chi connectivity index (χ0v) is 15.8. The number of anilines is 3. The highest BCUT2D eigenvalue weighted by atomic mass is 15.2. The van der Waals surface area contributed by atoms with Crippen molar-refractivity contribution in [2.24, 2.45) is 5.92 Å². The molecule has 1 fully saturated rings. The molecule has 0 saturated carbocycles. The van der Waals surface area contributed by atoms with E-state index < -0.39 is 0 Å². The Hall–Kier alpha value is -2.88. The van der Waals surface area contributed by atoms with Crippen LogP contribution in [0, 0.1) is 12.8 Å². The second-order valence-corrected chi connectivity index (χ2v) is 7.27. The summed E-state index contributed by atoms with van der Waals surface area (Å²) < 4.78 is 0. The molecule has 0 aliphatic carbocycles. The average Bonchev–Trinajstić information content (AvgIpc) is 2.70. The van der Waals surface area contributed by atoms with E-state index in [1.165, 1.54) is 24.8 Å². The molecule has 138 valence electrons. The number of hydrogen-bond acceptors (Lipinski definition) is 4. The Morgan fingerprint density at radius 2 is 1.59 bits per heavy atom. The summed E-state index contributed by atoms with van der Waals surface area (Å²) in [5.41, 5.74) is 2.49. The number of para-hydroxylation sites is 1. The fourth-order valence-corrected chi connectivity index (χ4v) is 3.76. The lowest BCUT2D eigenvalue weighted by molar-refractivity contribution is 0.402. The van der Waals surface area contributed by atoms with Gasteiger partial charge in [-0.15, -0.1) is 0 Å². The number of aryl methyl sites for hydroxylation is 1. The molecule has 2 heterocycles. The lowest BCUT2D eigenvalue weighted by atomic mass is 9.90. The molecule has 0 bridgehead atoms. The molecule has 1 saturated heterocycles. The van der Waals surface area contributed by atoms with Gasteiger partial charge in [-0.1, -0.05) is 48.5 Å². The minimum atomic E-state index is 0.758. The van der Waals surface area contributed by atoms with Crippen molar-refractivity contribution in [3.8, 4) is 0 Å². The molecule has 27 heavy (non-hydrogen) atoms. The Kier molecular flexibility index (Phi) is 5.33. The number of rotatable bonds is 5. The zero-order chi connectivity index (χ0) is 18.5. The van der Waals surface area contributed by atoms with Gasteiger partial charge < -0.3 is 10.2 Å². The van der Waals surface area contributed by atoms with E-state index in [1.807, 2.05) is 37.3 Å². The number of aromatic nitrogens is 2. The second kappa shape index (κ2) is 8.21. The topological polar surface area (TPSA) is 41.1 Å². The SMILES string of the molecule is Cc1nc(Nc2ccccc2)cc(N2CCC(Cc3ccccc3)CC2)n1. The van der Waals surface area contributed by atoms with Crippen molar-refractivity contribution in [2.45, 2.75) is 26.2 Å². The van der Waals surface area contributed by atoms with Crippen LogP contribution < -0.4 is 10.2 Å². The summed E-state index contributed by atoms with van der Waals surface area (Å²) in [6, 6.07) is 23.1. The van der Waals surface area contributed by atoms with E-state index in [9.17, 15) is 0 Å². The van der Waals surface area contributed by atoms with Crippen LogP contribution in [0.2, 0.25) is 0 Å². The van der Waals surface area contributed by atoms with Gasteiger partial charge in [0.05, 0.1) is 0 Å². The van der Waals surface area contributed by atoms with Crippen molar-refractivity contribution in [1.82, 2.24) is 9.97 Å². The highest BCUT2D eigenvalue weighted by Crippen LogP contribution is 2.26. The molecule has 0 amide bonds. The molecule has 1 aromatic heterocycles. The Bertz CT molecular complexity index is 856. The quantitative estimate of drug-likeness (QED) is 0.698. The maximum Gasteiger partial charge on any atom is 0.136 e. The Labute approximate surface area is 161 Å². The van der Waals surface area contributed by atoms with Crippen molar-refractivity contribution in [3.63, 3.8) is 0 Å². The molecule has 4 rings (SSSR count). The number of nitrogens with zero attached hydrogens (tertiary/aromatic N) is 3. The van der Waals surface area contributed by atoms with Gasteiger partial charge in [0, 0.05) is 24.8 Å². The fourth-order valence-electron chi connectivity index (χ4n) is 3.76. The third kappa shape index (κ3) is 4.64. The van der Waals surface area contributed by atoms with Crippen LogP contribution in [0.3, 0.4) is 0 Å². The smallest absolute Gasteiger partial charge is 0.136 e. The monoisotopic (exact) mass is 358 g/mol. The summed E-state index contributed by atoms with van der Waals surface area (Å²) in [4.78, 5) is 11.6. The van der Waals surface area contributed by atoms with Gasteiger partial charge in [0.25, 0.3) is 0 Å². The largest absolute Gasteiger partial charge is 0.356 e. The average molecular weight is 358 g/mol. The van der Waals surface area contributed by atoms with Crippen molar-refractivity contribution in [2.75, 3.05) is 23.3 Å². The number of hydrogen-bond donors (Lipinski definition) is 1. The molecule has 0 radical (unpaired) electrons. The van der Waals surface area contributed by atoms with Crippen LogP contribution in [0.1, 0.15) is 24.2 Å². The summed E-state index contributed by atoms with van der Waals surface area (Å²) in [6.07, 6.45) is 3.59. The first-order valence-corrected chi connectivity index (χ1v) is 9.73. The second-order valence-electron chi connectivity index (χ2n) is 7.27. The van der Waals surface area contributed by atoms with Crippen LogP contribution in [0.4, 0.5) is 17.3 Å². The standard InChI is InChI=1S/C23H26N4/c1-18-24-22(26-21-10-6-3-7-11-21)17-23(25-18)27-14-12-20(13-15-27)16-19-8-4-2-5-9-19/h2-11,17,20H,12-16H2,1H3,(H,24,25,26). The van der Waals surface area contributed by atoms with Gasteiger partial charge in [-0.05, 0) is 49.8 Å². The molecule has 4 nitrogen and oxygen atoms in total. The summed E-state index contributed by atoms with van der Waals surface area (Å²) in [5, 5.41) is 3.39. The van der Waals surface area contributed by atoms with Crippen LogP contribution in [-0.2, 0) is 6.42 Å². The number of nitrogens with one attached hydrogen (secondary N) is 1. The Morgan fingerprint density at radius 1 is 0.926 bits per heavy atom. The van der Waals surface area contributed by atoms with E-state index in [2.05, 4.69) is 56.6 Å². The predicted molar refractivity (Wildman–Crippen MR) is 112 cm³/mol. The van der Waals surface area contributed by atoms with Crippen LogP contribution >= 0.6 is 0 Å². The van der Waals surface area contributed by atoms with Gasteiger partial charge in [-0.3, -0.25) is 0 Å². The van der Waals surface area contributed by atoms with Crippen molar-refractivity contribution in [3.05, 3.63) is 78.1 Å². The van der Waals surface area contributed by atoms with E-state index in [-0.39, 0.29) is 0 Å². The molecule has 1 aliphatic rings. The molecule has 2 aromatic carbocycles. The van der Waals surface area contributed by atoms with Crippen molar-refractivity contribution in [1.29, 1.82) is 0 Å². The highest BCUT2D eigenvalue weighted by Gasteiger charge is 2.21. The predicted octanol–water partition coefficient (Wildman–Crippen LogP) is 4.99.